The smallest absolute Gasteiger partial charge is 0.253 e. The van der Waals surface area contributed by atoms with E-state index in [2.05, 4.69) is 22.4 Å². The maximum atomic E-state index is 13.5. The van der Waals surface area contributed by atoms with E-state index >= 15 is 0 Å². The van der Waals surface area contributed by atoms with Gasteiger partial charge in [0, 0.05) is 12.1 Å². The molecule has 6 heteroatoms. The van der Waals surface area contributed by atoms with E-state index in [1.54, 1.807) is 12.1 Å². The van der Waals surface area contributed by atoms with Gasteiger partial charge in [0.1, 0.15) is 5.82 Å². The lowest BCUT2D eigenvalue weighted by Gasteiger charge is -2.28. The van der Waals surface area contributed by atoms with Gasteiger partial charge >= 0.3 is 0 Å². The quantitative estimate of drug-likeness (QED) is 0.341. The predicted molar refractivity (Wildman–Crippen MR) is 140 cm³/mol. The van der Waals surface area contributed by atoms with Crippen molar-refractivity contribution in [2.75, 3.05) is 0 Å². The van der Waals surface area contributed by atoms with Gasteiger partial charge in [-0.3, -0.25) is 4.79 Å². The molecule has 0 aliphatic heterocycles. The normalized spacial score (nSPS) is 11.9. The first-order chi connectivity index (χ1) is 16.3. The van der Waals surface area contributed by atoms with Gasteiger partial charge in [0.05, 0.1) is 18.1 Å². The maximum Gasteiger partial charge on any atom is 0.253 e. The summed E-state index contributed by atoms with van der Waals surface area (Å²) in [5, 5.41) is 4.91. The third kappa shape index (κ3) is 5.51. The first-order valence-corrected chi connectivity index (χ1v) is 11.7. The summed E-state index contributed by atoms with van der Waals surface area (Å²) in [6.07, 6.45) is 0. The van der Waals surface area contributed by atoms with Crippen LogP contribution < -0.4 is 10.9 Å². The molecule has 4 aromatic rings. The Labute approximate surface area is 204 Å². The standard InChI is InChI=1S/C28H28FN3OS/c1-18-13-19(2)26-23(14-18)15-24(27(33)31-26)17-32(16-21-9-11-25(29)12-10-21)28(34)30-20(3)22-7-5-4-6-8-22/h4-15,20H,16-17H2,1-3H3,(H,30,34)(H,31,33). The van der Waals surface area contributed by atoms with Gasteiger partial charge in [-0.15, -0.1) is 0 Å². The van der Waals surface area contributed by atoms with Crippen LogP contribution in [0.25, 0.3) is 10.9 Å². The lowest BCUT2D eigenvalue weighted by atomic mass is 10.0. The second-order valence-corrected chi connectivity index (χ2v) is 9.12. The summed E-state index contributed by atoms with van der Waals surface area (Å²) in [6.45, 7) is 6.85. The molecule has 0 spiro atoms. The molecule has 0 aliphatic carbocycles. The van der Waals surface area contributed by atoms with Crippen molar-refractivity contribution >= 4 is 28.2 Å². The zero-order chi connectivity index (χ0) is 24.2. The third-order valence-corrected chi connectivity index (χ3v) is 6.32. The van der Waals surface area contributed by atoms with Crippen molar-refractivity contribution in [3.05, 3.63) is 117 Å². The Balaban J connectivity index is 1.65. The number of rotatable bonds is 6. The van der Waals surface area contributed by atoms with E-state index in [0.29, 0.717) is 23.8 Å². The monoisotopic (exact) mass is 473 g/mol. The molecule has 174 valence electrons. The molecular formula is C28H28FN3OS. The van der Waals surface area contributed by atoms with Crippen LogP contribution in [0.1, 0.15) is 40.8 Å². The largest absolute Gasteiger partial charge is 0.356 e. The number of benzene rings is 3. The molecular weight excluding hydrogens is 445 g/mol. The number of fused-ring (bicyclic) bond motifs is 1. The van der Waals surface area contributed by atoms with Gasteiger partial charge in [-0.1, -0.05) is 54.1 Å². The molecule has 1 heterocycles. The average molecular weight is 474 g/mol. The second kappa shape index (κ2) is 10.2. The minimum atomic E-state index is -0.287. The molecule has 0 bridgehead atoms. The molecule has 1 aromatic heterocycles. The van der Waals surface area contributed by atoms with E-state index in [4.69, 9.17) is 12.2 Å². The Morgan fingerprint density at radius 3 is 2.44 bits per heavy atom. The molecule has 0 aliphatic rings. The van der Waals surface area contributed by atoms with E-state index in [0.717, 1.165) is 33.2 Å². The highest BCUT2D eigenvalue weighted by molar-refractivity contribution is 7.80. The van der Waals surface area contributed by atoms with E-state index in [1.807, 2.05) is 62.1 Å². The van der Waals surface area contributed by atoms with E-state index in [1.165, 1.54) is 12.1 Å². The fourth-order valence-electron chi connectivity index (χ4n) is 4.17. The number of thiocarbonyl (C=S) groups is 1. The summed E-state index contributed by atoms with van der Waals surface area (Å²) >= 11 is 5.78. The van der Waals surface area contributed by atoms with Gasteiger partial charge in [0.15, 0.2) is 5.11 Å². The lowest BCUT2D eigenvalue weighted by molar-refractivity contribution is 0.392. The van der Waals surface area contributed by atoms with Gasteiger partial charge in [0.2, 0.25) is 0 Å². The summed E-state index contributed by atoms with van der Waals surface area (Å²) in [7, 11) is 0. The third-order valence-electron chi connectivity index (χ3n) is 5.94. The highest BCUT2D eigenvalue weighted by atomic mass is 32.1. The highest BCUT2D eigenvalue weighted by Gasteiger charge is 2.17. The van der Waals surface area contributed by atoms with Crippen LogP contribution in [0.5, 0.6) is 0 Å². The van der Waals surface area contributed by atoms with Gasteiger partial charge in [-0.05, 0) is 79.3 Å². The highest BCUT2D eigenvalue weighted by Crippen LogP contribution is 2.20. The summed E-state index contributed by atoms with van der Waals surface area (Å²) in [5.74, 6) is -0.287. The molecule has 34 heavy (non-hydrogen) atoms. The van der Waals surface area contributed by atoms with E-state index < -0.39 is 0 Å². The fourth-order valence-corrected chi connectivity index (χ4v) is 4.47. The van der Waals surface area contributed by atoms with Crippen LogP contribution in [0.3, 0.4) is 0 Å². The van der Waals surface area contributed by atoms with Crippen molar-refractivity contribution in [2.45, 2.75) is 39.9 Å². The Kier molecular flexibility index (Phi) is 7.08. The number of nitrogens with zero attached hydrogens (tertiary/aromatic N) is 1. The molecule has 1 unspecified atom stereocenters. The van der Waals surface area contributed by atoms with Crippen molar-refractivity contribution in [3.63, 3.8) is 0 Å². The second-order valence-electron chi connectivity index (χ2n) is 8.73. The number of hydrogen-bond acceptors (Lipinski definition) is 2. The van der Waals surface area contributed by atoms with Gasteiger partial charge in [0.25, 0.3) is 5.56 Å². The zero-order valence-corrected chi connectivity index (χ0v) is 20.4. The van der Waals surface area contributed by atoms with Crippen molar-refractivity contribution in [2.24, 2.45) is 0 Å². The summed E-state index contributed by atoms with van der Waals surface area (Å²) in [6, 6.07) is 22.5. The summed E-state index contributed by atoms with van der Waals surface area (Å²) < 4.78 is 13.5. The van der Waals surface area contributed by atoms with Crippen LogP contribution in [-0.4, -0.2) is 15.0 Å². The van der Waals surface area contributed by atoms with Crippen molar-refractivity contribution < 1.29 is 4.39 Å². The Hall–Kier alpha value is -3.51. The van der Waals surface area contributed by atoms with E-state index in [-0.39, 0.29) is 17.4 Å². The van der Waals surface area contributed by atoms with Gasteiger partial charge in [-0.2, -0.15) is 0 Å². The summed E-state index contributed by atoms with van der Waals surface area (Å²) in [4.78, 5) is 18.0. The number of aryl methyl sites for hydroxylation is 2. The van der Waals surface area contributed by atoms with Crippen molar-refractivity contribution in [1.82, 2.24) is 15.2 Å². The van der Waals surface area contributed by atoms with Crippen LogP contribution in [0.15, 0.2) is 77.6 Å². The minimum absolute atomic E-state index is 0.00963. The van der Waals surface area contributed by atoms with E-state index in [9.17, 15) is 9.18 Å². The maximum absolute atomic E-state index is 13.5. The molecule has 0 fully saturated rings. The molecule has 0 amide bonds. The molecule has 0 saturated heterocycles. The van der Waals surface area contributed by atoms with Crippen LogP contribution in [0, 0.1) is 19.7 Å². The van der Waals surface area contributed by atoms with Crippen LogP contribution in [-0.2, 0) is 13.1 Å². The molecule has 4 rings (SSSR count). The molecule has 2 N–H and O–H groups in total. The summed E-state index contributed by atoms with van der Waals surface area (Å²) in [5.41, 5.74) is 5.53. The van der Waals surface area contributed by atoms with Crippen molar-refractivity contribution in [3.8, 4) is 0 Å². The number of hydrogen-bond donors (Lipinski definition) is 2. The first-order valence-electron chi connectivity index (χ1n) is 11.3. The minimum Gasteiger partial charge on any atom is -0.356 e. The van der Waals surface area contributed by atoms with Crippen LogP contribution in [0.2, 0.25) is 0 Å². The topological polar surface area (TPSA) is 48.1 Å². The molecule has 0 radical (unpaired) electrons. The Morgan fingerprint density at radius 1 is 1.03 bits per heavy atom. The molecule has 0 saturated carbocycles. The molecule has 3 aromatic carbocycles. The molecule has 1 atom stereocenters. The number of aromatic nitrogens is 1. The number of aromatic amines is 1. The van der Waals surface area contributed by atoms with Gasteiger partial charge < -0.3 is 15.2 Å². The first kappa shape index (κ1) is 23.6. The SMILES string of the molecule is Cc1cc(C)c2[nH]c(=O)c(CN(Cc3ccc(F)cc3)C(=S)NC(C)c3ccccc3)cc2c1. The van der Waals surface area contributed by atoms with Crippen molar-refractivity contribution in [1.29, 1.82) is 0 Å². The fraction of sp³-hybridized carbons (Fsp3) is 0.214. The lowest BCUT2D eigenvalue weighted by Crippen LogP contribution is -2.41. The average Bonchev–Trinajstić information content (AvgIpc) is 2.81. The number of H-pyrrole nitrogens is 1. The number of nitrogens with one attached hydrogen (secondary N) is 2. The predicted octanol–water partition coefficient (Wildman–Crippen LogP) is 5.92. The number of pyridine rings is 1. The zero-order valence-electron chi connectivity index (χ0n) is 19.6. The Morgan fingerprint density at radius 2 is 1.74 bits per heavy atom. The molecule has 4 nitrogen and oxygen atoms in total. The van der Waals surface area contributed by atoms with Gasteiger partial charge in [-0.25, -0.2) is 4.39 Å². The Bertz CT molecular complexity index is 1370. The number of halogens is 1. The van der Waals surface area contributed by atoms with Crippen LogP contribution >= 0.6 is 12.2 Å². The van der Waals surface area contributed by atoms with Crippen LogP contribution in [0.4, 0.5) is 4.39 Å².